The van der Waals surface area contributed by atoms with Gasteiger partial charge in [0.2, 0.25) is 0 Å². The molecule has 0 radical (unpaired) electrons. The van der Waals surface area contributed by atoms with Crippen LogP contribution >= 0.6 is 56.8 Å². The van der Waals surface area contributed by atoms with Gasteiger partial charge in [0.05, 0.1) is 7.14 Å². The number of benzene rings is 2. The molecule has 2 aromatic rings. The highest BCUT2D eigenvalue weighted by Gasteiger charge is 2.13. The first-order valence-corrected chi connectivity index (χ1v) is 10.6. The Bertz CT molecular complexity index is 897. The van der Waals surface area contributed by atoms with Crippen LogP contribution in [-0.2, 0) is 11.4 Å². The van der Waals surface area contributed by atoms with Gasteiger partial charge in [0, 0.05) is 16.6 Å². The van der Waals surface area contributed by atoms with E-state index in [1.165, 1.54) is 0 Å². The van der Waals surface area contributed by atoms with Gasteiger partial charge < -0.3 is 10.1 Å². The fraction of sp³-hybridized carbons (Fsp3) is 0.200. The van der Waals surface area contributed by atoms with Crippen molar-refractivity contribution in [2.75, 3.05) is 0 Å². The predicted molar refractivity (Wildman–Crippen MR) is 125 cm³/mol. The Labute approximate surface area is 191 Å². The van der Waals surface area contributed by atoms with Crippen LogP contribution in [0.3, 0.4) is 0 Å². The normalized spacial score (nSPS) is 11.2. The van der Waals surface area contributed by atoms with Gasteiger partial charge in [0.15, 0.2) is 0 Å². The van der Waals surface area contributed by atoms with Crippen molar-refractivity contribution in [2.24, 2.45) is 0 Å². The number of carbonyl (C=O) groups is 1. The number of ether oxygens (including phenoxy) is 1. The van der Waals surface area contributed by atoms with Crippen molar-refractivity contribution in [3.8, 4) is 11.8 Å². The molecular weight excluding hydrogens is 589 g/mol. The second-order valence-corrected chi connectivity index (χ2v) is 8.72. The standard InChI is InChI=1S/C20H17ClI2N2O2/c1-12(2)25-20(26)15(10-24)7-13-8-17(22)19(18(23)9-13)27-11-14-5-3-4-6-16(14)21/h3-9,12H,11H2,1-2H3,(H,25,26)/b15-7-. The van der Waals surface area contributed by atoms with Crippen LogP contribution in [0.2, 0.25) is 5.02 Å². The Morgan fingerprint density at radius 3 is 2.48 bits per heavy atom. The minimum atomic E-state index is -0.378. The maximum absolute atomic E-state index is 12.1. The molecule has 2 aromatic carbocycles. The van der Waals surface area contributed by atoms with Crippen LogP contribution in [0.5, 0.6) is 5.75 Å². The minimum Gasteiger partial charge on any atom is -0.487 e. The lowest BCUT2D eigenvalue weighted by Gasteiger charge is -2.12. The molecule has 140 valence electrons. The van der Waals surface area contributed by atoms with E-state index >= 15 is 0 Å². The molecule has 0 bridgehead atoms. The van der Waals surface area contributed by atoms with E-state index in [2.05, 4.69) is 50.5 Å². The van der Waals surface area contributed by atoms with Gasteiger partial charge in [-0.3, -0.25) is 4.79 Å². The van der Waals surface area contributed by atoms with Crippen molar-refractivity contribution < 1.29 is 9.53 Å². The van der Waals surface area contributed by atoms with Crippen molar-refractivity contribution in [2.45, 2.75) is 26.5 Å². The van der Waals surface area contributed by atoms with Gasteiger partial charge in [-0.05, 0) is 88.9 Å². The monoisotopic (exact) mass is 606 g/mol. The predicted octanol–water partition coefficient (Wildman–Crippen LogP) is 5.56. The third-order valence-corrected chi connectivity index (χ3v) is 5.42. The SMILES string of the molecule is CC(C)NC(=O)/C(C#N)=C\c1cc(I)c(OCc2ccccc2Cl)c(I)c1. The number of nitrogens with zero attached hydrogens (tertiary/aromatic N) is 1. The number of carbonyl (C=O) groups excluding carboxylic acids is 1. The van der Waals surface area contributed by atoms with Crippen molar-refractivity contribution in [3.05, 3.63) is 65.3 Å². The first-order valence-electron chi connectivity index (χ1n) is 8.09. The van der Waals surface area contributed by atoms with Gasteiger partial charge in [-0.15, -0.1) is 0 Å². The lowest BCUT2D eigenvalue weighted by atomic mass is 10.1. The largest absolute Gasteiger partial charge is 0.487 e. The molecule has 27 heavy (non-hydrogen) atoms. The van der Waals surface area contributed by atoms with Crippen LogP contribution < -0.4 is 10.1 Å². The Hall–Kier alpha value is -1.31. The molecule has 7 heteroatoms. The number of halogens is 3. The van der Waals surface area contributed by atoms with Crippen molar-refractivity contribution in [1.82, 2.24) is 5.32 Å². The van der Waals surface area contributed by atoms with Crippen molar-refractivity contribution in [3.63, 3.8) is 0 Å². The maximum Gasteiger partial charge on any atom is 0.262 e. The molecule has 1 N–H and O–H groups in total. The number of nitriles is 1. The van der Waals surface area contributed by atoms with E-state index in [0.29, 0.717) is 11.6 Å². The van der Waals surface area contributed by atoms with Gasteiger partial charge in [0.25, 0.3) is 5.91 Å². The zero-order valence-electron chi connectivity index (χ0n) is 14.7. The molecular formula is C20H17ClI2N2O2. The van der Waals surface area contributed by atoms with Crippen LogP contribution in [0.1, 0.15) is 25.0 Å². The first-order chi connectivity index (χ1) is 12.8. The highest BCUT2D eigenvalue weighted by Crippen LogP contribution is 2.31. The van der Waals surface area contributed by atoms with Gasteiger partial charge >= 0.3 is 0 Å². The maximum atomic E-state index is 12.1. The third kappa shape index (κ3) is 6.36. The molecule has 0 spiro atoms. The summed E-state index contributed by atoms with van der Waals surface area (Å²) in [5.74, 6) is 0.370. The van der Waals surface area contributed by atoms with Crippen LogP contribution in [-0.4, -0.2) is 11.9 Å². The van der Waals surface area contributed by atoms with E-state index in [1.807, 2.05) is 56.3 Å². The molecule has 0 saturated carbocycles. The van der Waals surface area contributed by atoms with Crippen LogP contribution in [0.15, 0.2) is 42.0 Å². The van der Waals surface area contributed by atoms with Crippen LogP contribution in [0.25, 0.3) is 6.08 Å². The molecule has 1 amide bonds. The molecule has 2 rings (SSSR count). The molecule has 0 aliphatic rings. The van der Waals surface area contributed by atoms with Gasteiger partial charge in [-0.2, -0.15) is 5.26 Å². The molecule has 0 fully saturated rings. The first kappa shape index (κ1) is 22.0. The Balaban J connectivity index is 2.23. The van der Waals surface area contributed by atoms with E-state index in [4.69, 9.17) is 16.3 Å². The molecule has 4 nitrogen and oxygen atoms in total. The number of hydrogen-bond acceptors (Lipinski definition) is 3. The average Bonchev–Trinajstić information content (AvgIpc) is 2.59. The fourth-order valence-corrected chi connectivity index (χ4v) is 4.54. The summed E-state index contributed by atoms with van der Waals surface area (Å²) in [6.45, 7) is 4.06. The summed E-state index contributed by atoms with van der Waals surface area (Å²) in [7, 11) is 0. The Morgan fingerprint density at radius 1 is 1.30 bits per heavy atom. The highest BCUT2D eigenvalue weighted by molar-refractivity contribution is 14.1. The summed E-state index contributed by atoms with van der Waals surface area (Å²) < 4.78 is 7.73. The smallest absolute Gasteiger partial charge is 0.262 e. The molecule has 0 aliphatic heterocycles. The molecule has 0 aliphatic carbocycles. The number of hydrogen-bond donors (Lipinski definition) is 1. The number of nitrogens with one attached hydrogen (secondary N) is 1. The lowest BCUT2D eigenvalue weighted by Crippen LogP contribution is -2.30. The number of rotatable bonds is 6. The topological polar surface area (TPSA) is 62.1 Å². The summed E-state index contributed by atoms with van der Waals surface area (Å²) in [6, 6.07) is 13.2. The summed E-state index contributed by atoms with van der Waals surface area (Å²) in [6.07, 6.45) is 1.58. The van der Waals surface area contributed by atoms with Gasteiger partial charge in [-0.1, -0.05) is 29.8 Å². The van der Waals surface area contributed by atoms with Gasteiger partial charge in [0.1, 0.15) is 24.0 Å². The summed E-state index contributed by atoms with van der Waals surface area (Å²) >= 11 is 10.5. The summed E-state index contributed by atoms with van der Waals surface area (Å²) in [5.41, 5.74) is 1.75. The third-order valence-electron chi connectivity index (χ3n) is 3.45. The fourth-order valence-electron chi connectivity index (χ4n) is 2.22. The zero-order valence-corrected chi connectivity index (χ0v) is 19.8. The van der Waals surface area contributed by atoms with E-state index in [1.54, 1.807) is 6.08 Å². The molecule has 0 unspecified atom stereocenters. The van der Waals surface area contributed by atoms with Gasteiger partial charge in [-0.25, -0.2) is 0 Å². The second kappa shape index (κ2) is 10.3. The van der Waals surface area contributed by atoms with Crippen LogP contribution in [0, 0.1) is 18.5 Å². The van der Waals surface area contributed by atoms with Crippen LogP contribution in [0.4, 0.5) is 0 Å². The molecule has 0 saturated heterocycles. The lowest BCUT2D eigenvalue weighted by molar-refractivity contribution is -0.117. The van der Waals surface area contributed by atoms with Crippen molar-refractivity contribution in [1.29, 1.82) is 5.26 Å². The van der Waals surface area contributed by atoms with Crippen molar-refractivity contribution >= 4 is 68.8 Å². The van der Waals surface area contributed by atoms with E-state index < -0.39 is 0 Å². The summed E-state index contributed by atoms with van der Waals surface area (Å²) in [5, 5.41) is 12.7. The molecule has 0 aromatic heterocycles. The average molecular weight is 607 g/mol. The Kier molecular flexibility index (Phi) is 8.38. The second-order valence-electron chi connectivity index (χ2n) is 5.99. The van der Waals surface area contributed by atoms with E-state index in [-0.39, 0.29) is 17.5 Å². The Morgan fingerprint density at radius 2 is 1.93 bits per heavy atom. The zero-order chi connectivity index (χ0) is 20.0. The summed E-state index contributed by atoms with van der Waals surface area (Å²) in [4.78, 5) is 12.1. The molecule has 0 heterocycles. The van der Waals surface area contributed by atoms with E-state index in [0.717, 1.165) is 24.0 Å². The van der Waals surface area contributed by atoms with E-state index in [9.17, 15) is 10.1 Å². The molecule has 0 atom stereocenters. The quantitative estimate of drug-likeness (QED) is 0.266. The highest BCUT2D eigenvalue weighted by atomic mass is 127. The number of amides is 1. The minimum absolute atomic E-state index is 0.0323.